The predicted molar refractivity (Wildman–Crippen MR) is 151 cm³/mol. The van der Waals surface area contributed by atoms with Crippen LogP contribution in [-0.4, -0.2) is 27.5 Å². The third-order valence-electron chi connectivity index (χ3n) is 6.18. The number of carbonyl (C=O) groups is 1. The van der Waals surface area contributed by atoms with E-state index in [0.717, 1.165) is 26.6 Å². The van der Waals surface area contributed by atoms with Gasteiger partial charge in [0.1, 0.15) is 12.3 Å². The number of ether oxygens (including phenoxy) is 1. The van der Waals surface area contributed by atoms with Crippen molar-refractivity contribution in [2.45, 2.75) is 31.7 Å². The van der Waals surface area contributed by atoms with E-state index in [4.69, 9.17) is 4.74 Å². The molecule has 196 valence electrons. The molecule has 0 saturated carbocycles. The second kappa shape index (κ2) is 12.0. The summed E-state index contributed by atoms with van der Waals surface area (Å²) in [6.07, 6.45) is 0. The summed E-state index contributed by atoms with van der Waals surface area (Å²) >= 11 is 0. The lowest BCUT2D eigenvalue weighted by Gasteiger charge is -2.26. The fraction of sp³-hybridized carbons (Fsp3) is 0.194. The molecule has 4 aromatic carbocycles. The maximum Gasteiger partial charge on any atom is 0.264 e. The Balaban J connectivity index is 1.67. The van der Waals surface area contributed by atoms with Crippen molar-refractivity contribution in [3.05, 3.63) is 125 Å². The van der Waals surface area contributed by atoms with Crippen LogP contribution in [0.4, 0.5) is 5.69 Å². The quantitative estimate of drug-likeness (QED) is 0.282. The van der Waals surface area contributed by atoms with Gasteiger partial charge in [-0.15, -0.1) is 0 Å². The molecule has 4 rings (SSSR count). The van der Waals surface area contributed by atoms with E-state index in [0.29, 0.717) is 18.0 Å². The molecule has 1 atom stereocenters. The van der Waals surface area contributed by atoms with Gasteiger partial charge >= 0.3 is 0 Å². The third-order valence-corrected chi connectivity index (χ3v) is 7.97. The zero-order valence-corrected chi connectivity index (χ0v) is 22.6. The van der Waals surface area contributed by atoms with Gasteiger partial charge in [-0.1, -0.05) is 77.9 Å². The van der Waals surface area contributed by atoms with Crippen LogP contribution in [0.2, 0.25) is 0 Å². The summed E-state index contributed by atoms with van der Waals surface area (Å²) in [4.78, 5) is 13.6. The van der Waals surface area contributed by atoms with Gasteiger partial charge < -0.3 is 10.1 Å². The second-order valence-electron chi connectivity index (χ2n) is 9.07. The van der Waals surface area contributed by atoms with Gasteiger partial charge in [-0.2, -0.15) is 0 Å². The molecule has 7 heteroatoms. The third kappa shape index (κ3) is 6.42. The molecule has 0 aliphatic carbocycles. The maximum atomic E-state index is 13.8. The largest absolute Gasteiger partial charge is 0.494 e. The highest BCUT2D eigenvalue weighted by Crippen LogP contribution is 2.27. The van der Waals surface area contributed by atoms with Gasteiger partial charge in [-0.3, -0.25) is 9.10 Å². The van der Waals surface area contributed by atoms with Crippen LogP contribution in [0.5, 0.6) is 5.75 Å². The Labute approximate surface area is 225 Å². The van der Waals surface area contributed by atoms with E-state index in [1.54, 1.807) is 48.5 Å². The Morgan fingerprint density at radius 3 is 1.92 bits per heavy atom. The molecule has 0 aliphatic heterocycles. The van der Waals surface area contributed by atoms with Gasteiger partial charge in [-0.25, -0.2) is 8.42 Å². The SMILES string of the molecule is CCOc1ccc(N(CC(=O)NC(c2ccccc2)c2ccc(C)cc2)S(=O)(=O)c2ccc(C)cc2)cc1. The molecule has 38 heavy (non-hydrogen) atoms. The van der Waals surface area contributed by atoms with Crippen LogP contribution < -0.4 is 14.4 Å². The van der Waals surface area contributed by atoms with E-state index in [1.165, 1.54) is 0 Å². The summed E-state index contributed by atoms with van der Waals surface area (Å²) in [5.74, 6) is 0.195. The number of anilines is 1. The van der Waals surface area contributed by atoms with Crippen LogP contribution in [0.1, 0.15) is 35.2 Å². The molecular weight excluding hydrogens is 496 g/mol. The molecule has 0 aliphatic rings. The highest BCUT2D eigenvalue weighted by atomic mass is 32.2. The Kier molecular flexibility index (Phi) is 8.48. The van der Waals surface area contributed by atoms with Gasteiger partial charge in [-0.05, 0) is 68.3 Å². The number of nitrogens with one attached hydrogen (secondary N) is 1. The van der Waals surface area contributed by atoms with E-state index in [-0.39, 0.29) is 11.4 Å². The second-order valence-corrected chi connectivity index (χ2v) is 10.9. The number of hydrogen-bond acceptors (Lipinski definition) is 4. The van der Waals surface area contributed by atoms with Crippen molar-refractivity contribution >= 4 is 21.6 Å². The summed E-state index contributed by atoms with van der Waals surface area (Å²) in [6, 6.07) is 30.4. The van der Waals surface area contributed by atoms with Crippen LogP contribution in [0.15, 0.2) is 108 Å². The van der Waals surface area contributed by atoms with Crippen LogP contribution in [0, 0.1) is 13.8 Å². The van der Waals surface area contributed by atoms with E-state index in [2.05, 4.69) is 5.32 Å². The zero-order chi connectivity index (χ0) is 27.1. The van der Waals surface area contributed by atoms with Crippen molar-refractivity contribution in [2.24, 2.45) is 0 Å². The van der Waals surface area contributed by atoms with Crippen LogP contribution in [0.3, 0.4) is 0 Å². The minimum atomic E-state index is -4.03. The Bertz CT molecular complexity index is 1450. The fourth-order valence-electron chi connectivity index (χ4n) is 4.13. The molecule has 6 nitrogen and oxygen atoms in total. The van der Waals surface area contributed by atoms with Gasteiger partial charge in [0.05, 0.1) is 23.2 Å². The average molecular weight is 529 g/mol. The predicted octanol–water partition coefficient (Wildman–Crippen LogP) is 5.80. The lowest BCUT2D eigenvalue weighted by Crippen LogP contribution is -2.42. The van der Waals surface area contributed by atoms with Crippen LogP contribution in [-0.2, 0) is 14.8 Å². The monoisotopic (exact) mass is 528 g/mol. The topological polar surface area (TPSA) is 75.7 Å². The molecule has 0 heterocycles. The average Bonchev–Trinajstić information content (AvgIpc) is 2.92. The number of sulfonamides is 1. The first-order valence-electron chi connectivity index (χ1n) is 12.5. The highest BCUT2D eigenvalue weighted by Gasteiger charge is 2.28. The Hall–Kier alpha value is -4.10. The number of nitrogens with zero attached hydrogens (tertiary/aromatic N) is 1. The van der Waals surface area contributed by atoms with Crippen molar-refractivity contribution in [3.63, 3.8) is 0 Å². The lowest BCUT2D eigenvalue weighted by molar-refractivity contribution is -0.120. The van der Waals surface area contributed by atoms with Crippen molar-refractivity contribution < 1.29 is 17.9 Å². The summed E-state index contributed by atoms with van der Waals surface area (Å²) in [6.45, 7) is 5.88. The Morgan fingerprint density at radius 2 is 1.34 bits per heavy atom. The molecule has 1 amide bonds. The van der Waals surface area contributed by atoms with Gasteiger partial charge in [0.15, 0.2) is 0 Å². The first kappa shape index (κ1) is 26.9. The first-order chi connectivity index (χ1) is 18.3. The number of hydrogen-bond donors (Lipinski definition) is 1. The molecule has 1 N–H and O–H groups in total. The normalized spacial score (nSPS) is 12.0. The van der Waals surface area contributed by atoms with Crippen molar-refractivity contribution in [3.8, 4) is 5.75 Å². The van der Waals surface area contributed by atoms with E-state index >= 15 is 0 Å². The van der Waals surface area contributed by atoms with E-state index < -0.39 is 22.0 Å². The number of aryl methyl sites for hydroxylation is 2. The Morgan fingerprint density at radius 1 is 0.789 bits per heavy atom. The molecule has 0 aromatic heterocycles. The van der Waals surface area contributed by atoms with E-state index in [1.807, 2.05) is 75.4 Å². The summed E-state index contributed by atoms with van der Waals surface area (Å²) in [5, 5.41) is 3.06. The van der Waals surface area contributed by atoms with E-state index in [9.17, 15) is 13.2 Å². The zero-order valence-electron chi connectivity index (χ0n) is 21.8. The number of amides is 1. The minimum Gasteiger partial charge on any atom is -0.494 e. The highest BCUT2D eigenvalue weighted by molar-refractivity contribution is 7.92. The molecule has 4 aromatic rings. The number of rotatable bonds is 10. The molecule has 0 fully saturated rings. The van der Waals surface area contributed by atoms with Crippen molar-refractivity contribution in [1.82, 2.24) is 5.32 Å². The van der Waals surface area contributed by atoms with Crippen molar-refractivity contribution in [1.29, 1.82) is 0 Å². The van der Waals surface area contributed by atoms with Gasteiger partial charge in [0, 0.05) is 0 Å². The molecule has 0 bridgehead atoms. The lowest BCUT2D eigenvalue weighted by atomic mass is 9.98. The smallest absolute Gasteiger partial charge is 0.264 e. The summed E-state index contributed by atoms with van der Waals surface area (Å²) in [7, 11) is -4.03. The number of carbonyl (C=O) groups excluding carboxylic acids is 1. The summed E-state index contributed by atoms with van der Waals surface area (Å²) in [5.41, 5.74) is 4.23. The number of benzene rings is 4. The molecule has 0 saturated heterocycles. The molecule has 0 radical (unpaired) electrons. The standard InChI is InChI=1S/C31H32N2O4S/c1-4-37-28-18-16-27(17-19-28)33(38(35,36)29-20-12-24(3)13-21-29)22-30(34)32-31(25-8-6-5-7-9-25)26-14-10-23(2)11-15-26/h5-21,31H,4,22H2,1-3H3,(H,32,34). The molecule has 0 spiro atoms. The maximum absolute atomic E-state index is 13.8. The van der Waals surface area contributed by atoms with Crippen LogP contribution in [0.25, 0.3) is 0 Å². The van der Waals surface area contributed by atoms with Gasteiger partial charge in [0.2, 0.25) is 5.91 Å². The first-order valence-corrected chi connectivity index (χ1v) is 13.9. The fourth-order valence-corrected chi connectivity index (χ4v) is 5.55. The van der Waals surface area contributed by atoms with Crippen molar-refractivity contribution in [2.75, 3.05) is 17.5 Å². The minimum absolute atomic E-state index is 0.114. The molecule has 1 unspecified atom stereocenters. The summed E-state index contributed by atoms with van der Waals surface area (Å²) < 4.78 is 34.2. The van der Waals surface area contributed by atoms with Crippen LogP contribution >= 0.6 is 0 Å². The van der Waals surface area contributed by atoms with Gasteiger partial charge in [0.25, 0.3) is 10.0 Å². The molecular formula is C31H32N2O4S.